The maximum Gasteiger partial charge on any atom is 0.234 e. The van der Waals surface area contributed by atoms with Crippen LogP contribution in [-0.2, 0) is 11.8 Å². The predicted molar refractivity (Wildman–Crippen MR) is 91.8 cm³/mol. The van der Waals surface area contributed by atoms with Crippen LogP contribution in [0, 0.1) is 6.92 Å². The van der Waals surface area contributed by atoms with Crippen molar-refractivity contribution in [2.45, 2.75) is 11.9 Å². The van der Waals surface area contributed by atoms with Crippen molar-refractivity contribution in [2.75, 3.05) is 11.1 Å². The first-order valence-electron chi connectivity index (χ1n) is 6.86. The number of aromatic nitrogens is 4. The van der Waals surface area contributed by atoms with Gasteiger partial charge in [-0.2, -0.15) is 5.10 Å². The molecule has 0 spiro atoms. The average molecular weight is 348 g/mol. The SMILES string of the molecule is Cc1ccc(NC(=O)CSc2ncnc3c2cnn3C)cc1Cl. The van der Waals surface area contributed by atoms with Crippen molar-refractivity contribution < 1.29 is 4.79 Å². The maximum atomic E-state index is 12.1. The van der Waals surface area contributed by atoms with Crippen molar-refractivity contribution in [1.82, 2.24) is 19.7 Å². The van der Waals surface area contributed by atoms with E-state index in [0.29, 0.717) is 10.7 Å². The Kier molecular flexibility index (Phi) is 4.49. The molecule has 0 fully saturated rings. The molecule has 2 aromatic heterocycles. The molecule has 2 heterocycles. The molecule has 8 heteroatoms. The minimum Gasteiger partial charge on any atom is -0.325 e. The van der Waals surface area contributed by atoms with Crippen LogP contribution in [0.4, 0.5) is 5.69 Å². The van der Waals surface area contributed by atoms with Gasteiger partial charge in [0.1, 0.15) is 11.4 Å². The number of fused-ring (bicyclic) bond motifs is 1. The Morgan fingerprint density at radius 3 is 3.00 bits per heavy atom. The second-order valence-electron chi connectivity index (χ2n) is 4.99. The minimum absolute atomic E-state index is 0.120. The molecule has 0 atom stereocenters. The highest BCUT2D eigenvalue weighted by atomic mass is 35.5. The largest absolute Gasteiger partial charge is 0.325 e. The third-order valence-electron chi connectivity index (χ3n) is 3.29. The number of aryl methyl sites for hydroxylation is 2. The third kappa shape index (κ3) is 3.46. The molecular formula is C15H14ClN5OS. The number of anilines is 1. The van der Waals surface area contributed by atoms with E-state index < -0.39 is 0 Å². The quantitative estimate of drug-likeness (QED) is 0.580. The van der Waals surface area contributed by atoms with Crippen molar-refractivity contribution >= 4 is 46.0 Å². The monoisotopic (exact) mass is 347 g/mol. The molecule has 0 aliphatic rings. The molecule has 0 radical (unpaired) electrons. The number of carbonyl (C=O) groups excluding carboxylic acids is 1. The third-order valence-corrected chi connectivity index (χ3v) is 4.70. The molecule has 0 saturated heterocycles. The van der Waals surface area contributed by atoms with Crippen LogP contribution in [0.5, 0.6) is 0 Å². The van der Waals surface area contributed by atoms with E-state index in [0.717, 1.165) is 21.6 Å². The second-order valence-corrected chi connectivity index (χ2v) is 6.36. The van der Waals surface area contributed by atoms with Gasteiger partial charge in [0.25, 0.3) is 0 Å². The molecule has 6 nitrogen and oxygen atoms in total. The molecule has 23 heavy (non-hydrogen) atoms. The maximum absolute atomic E-state index is 12.1. The van der Waals surface area contributed by atoms with E-state index in [-0.39, 0.29) is 11.7 Å². The van der Waals surface area contributed by atoms with Crippen molar-refractivity contribution in [3.63, 3.8) is 0 Å². The Labute approximate surface area is 142 Å². The van der Waals surface area contributed by atoms with E-state index in [9.17, 15) is 4.79 Å². The van der Waals surface area contributed by atoms with Crippen molar-refractivity contribution in [3.05, 3.63) is 41.3 Å². The van der Waals surface area contributed by atoms with Crippen LogP contribution >= 0.6 is 23.4 Å². The number of nitrogens with one attached hydrogen (secondary N) is 1. The molecule has 3 rings (SSSR count). The molecule has 1 amide bonds. The summed E-state index contributed by atoms with van der Waals surface area (Å²) in [6.07, 6.45) is 3.18. The fourth-order valence-electron chi connectivity index (χ4n) is 2.06. The lowest BCUT2D eigenvalue weighted by Gasteiger charge is -2.07. The molecule has 0 bridgehead atoms. The number of nitrogens with zero attached hydrogens (tertiary/aromatic N) is 4. The minimum atomic E-state index is -0.120. The molecule has 0 aliphatic heterocycles. The first-order chi connectivity index (χ1) is 11.0. The standard InChI is InChI=1S/C15H14ClN5OS/c1-9-3-4-10(5-12(9)16)20-13(22)7-23-15-11-6-19-21(2)14(11)17-8-18-15/h3-6,8H,7H2,1-2H3,(H,20,22). The highest BCUT2D eigenvalue weighted by molar-refractivity contribution is 8.00. The summed E-state index contributed by atoms with van der Waals surface area (Å²) in [4.78, 5) is 20.5. The summed E-state index contributed by atoms with van der Waals surface area (Å²) in [5.74, 6) is 0.123. The van der Waals surface area contributed by atoms with Crippen LogP contribution in [0.15, 0.2) is 35.7 Å². The highest BCUT2D eigenvalue weighted by Crippen LogP contribution is 2.24. The lowest BCUT2D eigenvalue weighted by molar-refractivity contribution is -0.113. The van der Waals surface area contributed by atoms with Crippen LogP contribution < -0.4 is 5.32 Å². The number of halogens is 1. The van der Waals surface area contributed by atoms with Gasteiger partial charge < -0.3 is 5.32 Å². The Balaban J connectivity index is 1.67. The summed E-state index contributed by atoms with van der Waals surface area (Å²) in [5.41, 5.74) is 2.40. The number of hydrogen-bond acceptors (Lipinski definition) is 5. The zero-order chi connectivity index (χ0) is 16.4. The molecule has 0 saturated carbocycles. The molecule has 1 aromatic carbocycles. The summed E-state index contributed by atoms with van der Waals surface area (Å²) >= 11 is 7.40. The molecule has 0 unspecified atom stereocenters. The number of hydrogen-bond donors (Lipinski definition) is 1. The molecule has 1 N–H and O–H groups in total. The Morgan fingerprint density at radius 2 is 2.22 bits per heavy atom. The fraction of sp³-hybridized carbons (Fsp3) is 0.200. The summed E-state index contributed by atoms with van der Waals surface area (Å²) in [6, 6.07) is 5.44. The van der Waals surface area contributed by atoms with Crippen LogP contribution in [0.2, 0.25) is 5.02 Å². The van der Waals surface area contributed by atoms with E-state index >= 15 is 0 Å². The van der Waals surface area contributed by atoms with Gasteiger partial charge in [0.15, 0.2) is 5.65 Å². The van der Waals surface area contributed by atoms with E-state index in [1.807, 2.05) is 26.1 Å². The van der Waals surface area contributed by atoms with Gasteiger partial charge in [-0.05, 0) is 24.6 Å². The molecule has 0 aliphatic carbocycles. The van der Waals surface area contributed by atoms with E-state index in [1.54, 1.807) is 16.9 Å². The fourth-order valence-corrected chi connectivity index (χ4v) is 3.00. The zero-order valence-corrected chi connectivity index (χ0v) is 14.1. The average Bonchev–Trinajstić information content (AvgIpc) is 2.91. The van der Waals surface area contributed by atoms with Gasteiger partial charge in [-0.3, -0.25) is 9.48 Å². The topological polar surface area (TPSA) is 72.7 Å². The van der Waals surface area contributed by atoms with Crippen LogP contribution in [0.3, 0.4) is 0 Å². The van der Waals surface area contributed by atoms with E-state index in [2.05, 4.69) is 20.4 Å². The van der Waals surface area contributed by atoms with Gasteiger partial charge in [-0.15, -0.1) is 0 Å². The van der Waals surface area contributed by atoms with Gasteiger partial charge in [-0.25, -0.2) is 9.97 Å². The van der Waals surface area contributed by atoms with Gasteiger partial charge in [0.05, 0.1) is 17.3 Å². The van der Waals surface area contributed by atoms with Gasteiger partial charge >= 0.3 is 0 Å². The lowest BCUT2D eigenvalue weighted by atomic mass is 10.2. The summed E-state index contributed by atoms with van der Waals surface area (Å²) < 4.78 is 1.68. The summed E-state index contributed by atoms with van der Waals surface area (Å²) in [5, 5.41) is 9.18. The zero-order valence-electron chi connectivity index (χ0n) is 12.6. The highest BCUT2D eigenvalue weighted by Gasteiger charge is 2.11. The van der Waals surface area contributed by atoms with Crippen molar-refractivity contribution in [2.24, 2.45) is 7.05 Å². The second kappa shape index (κ2) is 6.55. The summed E-state index contributed by atoms with van der Waals surface area (Å²) in [7, 11) is 1.82. The smallest absolute Gasteiger partial charge is 0.234 e. The number of thioether (sulfide) groups is 1. The Morgan fingerprint density at radius 1 is 1.39 bits per heavy atom. The van der Waals surface area contributed by atoms with Crippen LogP contribution in [-0.4, -0.2) is 31.4 Å². The Hall–Kier alpha value is -2.12. The van der Waals surface area contributed by atoms with Crippen molar-refractivity contribution in [3.8, 4) is 0 Å². The van der Waals surface area contributed by atoms with Crippen LogP contribution in [0.1, 0.15) is 5.56 Å². The normalized spacial score (nSPS) is 10.9. The molecule has 3 aromatic rings. The molecule has 118 valence electrons. The summed E-state index contributed by atoms with van der Waals surface area (Å²) in [6.45, 7) is 1.91. The van der Waals surface area contributed by atoms with E-state index in [1.165, 1.54) is 18.1 Å². The van der Waals surface area contributed by atoms with Crippen LogP contribution in [0.25, 0.3) is 11.0 Å². The van der Waals surface area contributed by atoms with Gasteiger partial charge in [0.2, 0.25) is 5.91 Å². The molecular weight excluding hydrogens is 334 g/mol. The Bertz CT molecular complexity index is 879. The number of carbonyl (C=O) groups is 1. The van der Waals surface area contributed by atoms with Crippen molar-refractivity contribution in [1.29, 1.82) is 0 Å². The van der Waals surface area contributed by atoms with Gasteiger partial charge in [0, 0.05) is 17.8 Å². The predicted octanol–water partition coefficient (Wildman–Crippen LogP) is 3.06. The number of benzene rings is 1. The first kappa shape index (κ1) is 15.8. The van der Waals surface area contributed by atoms with E-state index in [4.69, 9.17) is 11.6 Å². The number of amides is 1. The first-order valence-corrected chi connectivity index (χ1v) is 8.22. The number of rotatable bonds is 4. The van der Waals surface area contributed by atoms with Gasteiger partial charge in [-0.1, -0.05) is 29.4 Å². The lowest BCUT2D eigenvalue weighted by Crippen LogP contribution is -2.14.